The molecule has 1 aromatic heterocycles. The van der Waals surface area contributed by atoms with Crippen LogP contribution < -0.4 is 11.3 Å². The van der Waals surface area contributed by atoms with E-state index < -0.39 is 11.5 Å². The number of nitrogens with zero attached hydrogens (tertiary/aromatic N) is 2. The van der Waals surface area contributed by atoms with Crippen molar-refractivity contribution in [3.63, 3.8) is 0 Å². The van der Waals surface area contributed by atoms with Crippen LogP contribution in [-0.4, -0.2) is 26.4 Å². The Morgan fingerprint density at radius 3 is 2.70 bits per heavy atom. The third-order valence-corrected chi connectivity index (χ3v) is 3.43. The Labute approximate surface area is 119 Å². The van der Waals surface area contributed by atoms with E-state index in [1.807, 2.05) is 30.3 Å². The van der Waals surface area contributed by atoms with E-state index in [2.05, 4.69) is 4.98 Å². The van der Waals surface area contributed by atoms with Gasteiger partial charge >= 0.3 is 5.97 Å². The summed E-state index contributed by atoms with van der Waals surface area (Å²) in [5.41, 5.74) is 6.22. The third kappa shape index (κ3) is 3.39. The standard InChI is InChI=1S/C13H13N3O3S/c14-10-8-11(17)15-13(20-7-6-12(18)19)16(10)9-4-2-1-3-5-9/h1-5,8H,6-7,14H2,(H,18,19). The van der Waals surface area contributed by atoms with E-state index in [1.165, 1.54) is 17.8 Å². The van der Waals surface area contributed by atoms with Crippen LogP contribution in [0, 0.1) is 0 Å². The lowest BCUT2D eigenvalue weighted by Gasteiger charge is -2.14. The van der Waals surface area contributed by atoms with E-state index in [0.717, 1.165) is 5.69 Å². The van der Waals surface area contributed by atoms with Crippen LogP contribution in [0.5, 0.6) is 0 Å². The number of nitrogens with two attached hydrogens (primary N) is 1. The number of nitrogen functional groups attached to an aromatic ring is 1. The summed E-state index contributed by atoms with van der Waals surface area (Å²) in [6.45, 7) is 0. The summed E-state index contributed by atoms with van der Waals surface area (Å²) in [5.74, 6) is -0.304. The number of hydrogen-bond acceptors (Lipinski definition) is 5. The first-order valence-corrected chi connectivity index (χ1v) is 6.86. The average Bonchev–Trinajstić information content (AvgIpc) is 2.38. The minimum atomic E-state index is -0.894. The Bertz CT molecular complexity index is 670. The molecule has 2 rings (SSSR count). The number of aromatic nitrogens is 2. The van der Waals surface area contributed by atoms with Gasteiger partial charge in [0.1, 0.15) is 5.82 Å². The van der Waals surface area contributed by atoms with Crippen molar-refractivity contribution in [2.24, 2.45) is 0 Å². The molecule has 0 amide bonds. The molecule has 0 saturated carbocycles. The van der Waals surface area contributed by atoms with E-state index in [1.54, 1.807) is 4.57 Å². The van der Waals surface area contributed by atoms with E-state index >= 15 is 0 Å². The lowest BCUT2D eigenvalue weighted by Crippen LogP contribution is -2.17. The van der Waals surface area contributed by atoms with Crippen LogP contribution in [0.15, 0.2) is 46.3 Å². The van der Waals surface area contributed by atoms with Crippen molar-refractivity contribution in [1.29, 1.82) is 0 Å². The van der Waals surface area contributed by atoms with Crippen molar-refractivity contribution in [2.45, 2.75) is 11.6 Å². The molecular formula is C13H13N3O3S. The number of aliphatic carboxylic acids is 1. The van der Waals surface area contributed by atoms with Gasteiger partial charge in [-0.2, -0.15) is 4.98 Å². The maximum atomic E-state index is 11.5. The molecule has 0 fully saturated rings. The first kappa shape index (κ1) is 14.1. The first-order chi connectivity index (χ1) is 9.58. The van der Waals surface area contributed by atoms with E-state index in [0.29, 0.717) is 10.9 Å². The van der Waals surface area contributed by atoms with Crippen molar-refractivity contribution in [2.75, 3.05) is 11.5 Å². The summed E-state index contributed by atoms with van der Waals surface area (Å²) in [4.78, 5) is 25.9. The summed E-state index contributed by atoms with van der Waals surface area (Å²) in [6, 6.07) is 10.5. The van der Waals surface area contributed by atoms with Gasteiger partial charge in [-0.3, -0.25) is 14.2 Å². The van der Waals surface area contributed by atoms with Gasteiger partial charge in [-0.1, -0.05) is 30.0 Å². The van der Waals surface area contributed by atoms with Crippen LogP contribution in [0.2, 0.25) is 0 Å². The first-order valence-electron chi connectivity index (χ1n) is 5.87. The number of para-hydroxylation sites is 1. The number of carbonyl (C=O) groups is 1. The van der Waals surface area contributed by atoms with Crippen molar-refractivity contribution in [3.05, 3.63) is 46.8 Å². The Morgan fingerprint density at radius 1 is 1.35 bits per heavy atom. The highest BCUT2D eigenvalue weighted by Gasteiger charge is 2.10. The van der Waals surface area contributed by atoms with Gasteiger partial charge in [0, 0.05) is 17.5 Å². The smallest absolute Gasteiger partial charge is 0.304 e. The Hall–Kier alpha value is -2.28. The lowest BCUT2D eigenvalue weighted by atomic mass is 10.3. The molecule has 0 spiro atoms. The van der Waals surface area contributed by atoms with Crippen LogP contribution in [0.1, 0.15) is 6.42 Å². The molecule has 0 radical (unpaired) electrons. The minimum absolute atomic E-state index is 0.00980. The maximum absolute atomic E-state index is 11.5. The molecule has 0 saturated heterocycles. The highest BCUT2D eigenvalue weighted by Crippen LogP contribution is 2.22. The predicted octanol–water partition coefficient (Wildman–Crippen LogP) is 1.38. The van der Waals surface area contributed by atoms with Gasteiger partial charge in [0.2, 0.25) is 0 Å². The molecule has 1 aromatic carbocycles. The van der Waals surface area contributed by atoms with Gasteiger partial charge in [0.15, 0.2) is 5.16 Å². The maximum Gasteiger partial charge on any atom is 0.304 e. The van der Waals surface area contributed by atoms with Gasteiger partial charge in [0.25, 0.3) is 5.56 Å². The molecule has 0 unspecified atom stereocenters. The van der Waals surface area contributed by atoms with Crippen LogP contribution in [-0.2, 0) is 4.79 Å². The van der Waals surface area contributed by atoms with Crippen LogP contribution in [0.4, 0.5) is 5.82 Å². The highest BCUT2D eigenvalue weighted by molar-refractivity contribution is 7.99. The second kappa shape index (κ2) is 6.25. The molecule has 20 heavy (non-hydrogen) atoms. The highest BCUT2D eigenvalue weighted by atomic mass is 32.2. The number of thioether (sulfide) groups is 1. The summed E-state index contributed by atoms with van der Waals surface area (Å²) in [5, 5.41) is 9.05. The molecule has 2 aromatic rings. The Balaban J connectivity index is 2.39. The number of anilines is 1. The van der Waals surface area contributed by atoms with Gasteiger partial charge in [-0.25, -0.2) is 0 Å². The van der Waals surface area contributed by atoms with Gasteiger partial charge in [-0.05, 0) is 12.1 Å². The van der Waals surface area contributed by atoms with Crippen molar-refractivity contribution < 1.29 is 9.90 Å². The monoisotopic (exact) mass is 291 g/mol. The molecule has 0 bridgehead atoms. The average molecular weight is 291 g/mol. The Kier molecular flexibility index (Phi) is 4.41. The van der Waals surface area contributed by atoms with Gasteiger partial charge < -0.3 is 10.8 Å². The molecular weight excluding hydrogens is 278 g/mol. The fourth-order valence-electron chi connectivity index (χ4n) is 1.64. The SMILES string of the molecule is Nc1cc(=O)nc(SCCC(=O)O)n1-c1ccccc1. The normalized spacial score (nSPS) is 10.4. The van der Waals surface area contributed by atoms with Crippen molar-refractivity contribution >= 4 is 23.5 Å². The molecule has 0 aliphatic heterocycles. The second-order valence-electron chi connectivity index (χ2n) is 3.96. The Morgan fingerprint density at radius 2 is 2.05 bits per heavy atom. The fraction of sp³-hybridized carbons (Fsp3) is 0.154. The number of rotatable bonds is 5. The molecule has 7 heteroatoms. The number of hydrogen-bond donors (Lipinski definition) is 2. The molecule has 0 atom stereocenters. The largest absolute Gasteiger partial charge is 0.481 e. The lowest BCUT2D eigenvalue weighted by molar-refractivity contribution is -0.136. The molecule has 0 aliphatic carbocycles. The van der Waals surface area contributed by atoms with E-state index in [9.17, 15) is 9.59 Å². The molecule has 104 valence electrons. The quantitative estimate of drug-likeness (QED) is 0.638. The van der Waals surface area contributed by atoms with E-state index in [4.69, 9.17) is 10.8 Å². The van der Waals surface area contributed by atoms with Crippen molar-refractivity contribution in [3.8, 4) is 5.69 Å². The second-order valence-corrected chi connectivity index (χ2v) is 5.03. The fourth-order valence-corrected chi connectivity index (χ4v) is 2.59. The minimum Gasteiger partial charge on any atom is -0.481 e. The molecule has 1 heterocycles. The molecule has 0 aliphatic rings. The topological polar surface area (TPSA) is 98.2 Å². The van der Waals surface area contributed by atoms with Crippen LogP contribution in [0.25, 0.3) is 5.69 Å². The van der Waals surface area contributed by atoms with Crippen molar-refractivity contribution in [1.82, 2.24) is 9.55 Å². The van der Waals surface area contributed by atoms with Crippen LogP contribution in [0.3, 0.4) is 0 Å². The summed E-state index contributed by atoms with van der Waals surface area (Å²) >= 11 is 1.19. The molecule has 3 N–H and O–H groups in total. The predicted molar refractivity (Wildman–Crippen MR) is 77.2 cm³/mol. The summed E-state index contributed by atoms with van der Waals surface area (Å²) in [6.07, 6.45) is -0.00980. The number of carboxylic acid groups (broad SMARTS) is 1. The number of benzene rings is 1. The van der Waals surface area contributed by atoms with Gasteiger partial charge in [0.05, 0.1) is 6.42 Å². The summed E-state index contributed by atoms with van der Waals surface area (Å²) < 4.78 is 1.63. The zero-order valence-corrected chi connectivity index (χ0v) is 11.3. The van der Waals surface area contributed by atoms with Crippen LogP contribution >= 0.6 is 11.8 Å². The van der Waals surface area contributed by atoms with E-state index in [-0.39, 0.29) is 12.2 Å². The molecule has 6 nitrogen and oxygen atoms in total. The summed E-state index contributed by atoms with van der Waals surface area (Å²) in [7, 11) is 0. The van der Waals surface area contributed by atoms with Gasteiger partial charge in [-0.15, -0.1) is 0 Å². The zero-order valence-electron chi connectivity index (χ0n) is 10.5. The number of carboxylic acids is 1. The third-order valence-electron chi connectivity index (χ3n) is 2.49. The zero-order chi connectivity index (χ0) is 14.5.